The second kappa shape index (κ2) is 5.53. The van der Waals surface area contributed by atoms with Gasteiger partial charge in [-0.1, -0.05) is 11.2 Å². The number of amides is 1. The summed E-state index contributed by atoms with van der Waals surface area (Å²) in [6.45, 7) is 0. The molecule has 0 aromatic carbocycles. The van der Waals surface area contributed by atoms with Crippen LogP contribution in [0.25, 0.3) is 0 Å². The molecule has 0 saturated carbocycles. The predicted molar refractivity (Wildman–Crippen MR) is 62.4 cm³/mol. The number of pyridine rings is 1. The van der Waals surface area contributed by atoms with E-state index >= 15 is 0 Å². The number of rotatable bonds is 4. The van der Waals surface area contributed by atoms with Gasteiger partial charge < -0.3 is 5.73 Å². The third-order valence-electron chi connectivity index (χ3n) is 1.99. The maximum Gasteiger partial charge on any atom is 0.246 e. The molecule has 0 fully saturated rings. The number of hydrogen-bond acceptors (Lipinski definition) is 7. The number of hydrogen-bond donors (Lipinski definition) is 2. The number of nitrogens with one attached hydrogen (secondary N) is 1. The Morgan fingerprint density at radius 2 is 2.39 bits per heavy atom. The number of hydrazone groups is 1. The second-order valence-corrected chi connectivity index (χ2v) is 3.32. The van der Waals surface area contributed by atoms with Gasteiger partial charge in [0.25, 0.3) is 0 Å². The summed E-state index contributed by atoms with van der Waals surface area (Å²) in [4.78, 5) is 15.5. The van der Waals surface area contributed by atoms with Crippen LogP contribution in [0.1, 0.15) is 11.4 Å². The van der Waals surface area contributed by atoms with Crippen molar-refractivity contribution in [3.63, 3.8) is 0 Å². The molecule has 0 bridgehead atoms. The quantitative estimate of drug-likeness (QED) is 0.566. The van der Waals surface area contributed by atoms with Crippen molar-refractivity contribution in [1.82, 2.24) is 20.7 Å². The van der Waals surface area contributed by atoms with E-state index in [2.05, 4.69) is 30.5 Å². The minimum atomic E-state index is -0.371. The number of carbonyl (C=O) groups is 1. The Hall–Kier alpha value is -2.77. The molecule has 2 rings (SSSR count). The van der Waals surface area contributed by atoms with Crippen molar-refractivity contribution in [3.05, 3.63) is 35.8 Å². The molecule has 0 aliphatic rings. The molecule has 0 unspecified atom stereocenters. The fourth-order valence-electron chi connectivity index (χ4n) is 1.15. The molecule has 0 radical (unpaired) electrons. The normalized spacial score (nSPS) is 10.7. The van der Waals surface area contributed by atoms with Gasteiger partial charge in [0.15, 0.2) is 5.82 Å². The highest BCUT2D eigenvalue weighted by molar-refractivity contribution is 5.82. The van der Waals surface area contributed by atoms with Gasteiger partial charge in [0.05, 0.1) is 18.3 Å². The number of anilines is 1. The van der Waals surface area contributed by atoms with E-state index in [0.29, 0.717) is 5.69 Å². The standard InChI is InChI=1S/C10H10N6O2/c11-10-8(15-18-16-10)5-9(17)14-13-6-7-3-1-2-4-12-7/h1-4,6H,5H2,(H2,11,16)(H,14,17)/b13-6+. The van der Waals surface area contributed by atoms with Gasteiger partial charge in [-0.2, -0.15) is 5.10 Å². The number of nitrogens with two attached hydrogens (primary N) is 1. The van der Waals surface area contributed by atoms with Crippen LogP contribution >= 0.6 is 0 Å². The Kier molecular flexibility index (Phi) is 3.59. The predicted octanol–water partition coefficient (Wildman–Crippen LogP) is -0.260. The lowest BCUT2D eigenvalue weighted by Gasteiger charge is -1.96. The highest BCUT2D eigenvalue weighted by Crippen LogP contribution is 2.04. The van der Waals surface area contributed by atoms with Crippen molar-refractivity contribution in [3.8, 4) is 0 Å². The van der Waals surface area contributed by atoms with Crippen molar-refractivity contribution in [1.29, 1.82) is 0 Å². The largest absolute Gasteiger partial charge is 0.379 e. The molecule has 0 spiro atoms. The number of nitrogen functional groups attached to an aromatic ring is 1. The number of aromatic nitrogens is 3. The van der Waals surface area contributed by atoms with Gasteiger partial charge >= 0.3 is 0 Å². The maximum absolute atomic E-state index is 11.4. The molecule has 2 aromatic heterocycles. The summed E-state index contributed by atoms with van der Waals surface area (Å²) in [5.74, 6) is -0.275. The fourth-order valence-corrected chi connectivity index (χ4v) is 1.15. The Bertz CT molecular complexity index is 551. The first-order chi connectivity index (χ1) is 8.75. The zero-order valence-electron chi connectivity index (χ0n) is 9.28. The zero-order chi connectivity index (χ0) is 12.8. The van der Waals surface area contributed by atoms with Crippen molar-refractivity contribution < 1.29 is 9.42 Å². The van der Waals surface area contributed by atoms with Gasteiger partial charge in [-0.25, -0.2) is 10.1 Å². The summed E-state index contributed by atoms with van der Waals surface area (Å²) in [6.07, 6.45) is 3.02. The van der Waals surface area contributed by atoms with E-state index in [-0.39, 0.29) is 23.8 Å². The summed E-state index contributed by atoms with van der Waals surface area (Å²) >= 11 is 0. The van der Waals surface area contributed by atoms with Crippen LogP contribution in [0.15, 0.2) is 34.1 Å². The van der Waals surface area contributed by atoms with Crippen LogP contribution in [0.4, 0.5) is 5.82 Å². The van der Waals surface area contributed by atoms with Gasteiger partial charge in [0.2, 0.25) is 5.91 Å². The van der Waals surface area contributed by atoms with E-state index < -0.39 is 0 Å². The Balaban J connectivity index is 1.86. The van der Waals surface area contributed by atoms with Gasteiger partial charge in [-0.15, -0.1) is 0 Å². The molecule has 3 N–H and O–H groups in total. The van der Waals surface area contributed by atoms with Crippen LogP contribution in [0, 0.1) is 0 Å². The average molecular weight is 246 g/mol. The minimum Gasteiger partial charge on any atom is -0.379 e. The van der Waals surface area contributed by atoms with Crippen molar-refractivity contribution in [2.45, 2.75) is 6.42 Å². The molecule has 0 aliphatic heterocycles. The van der Waals surface area contributed by atoms with Crippen LogP contribution in [-0.2, 0) is 11.2 Å². The van der Waals surface area contributed by atoms with Crippen molar-refractivity contribution >= 4 is 17.9 Å². The lowest BCUT2D eigenvalue weighted by Crippen LogP contribution is -2.20. The van der Waals surface area contributed by atoms with Gasteiger partial charge in [-0.05, 0) is 17.3 Å². The maximum atomic E-state index is 11.4. The molecule has 0 atom stereocenters. The summed E-state index contributed by atoms with van der Waals surface area (Å²) in [5, 5.41) is 10.6. The van der Waals surface area contributed by atoms with Gasteiger partial charge in [0.1, 0.15) is 5.69 Å². The fraction of sp³-hybridized carbons (Fsp3) is 0.100. The third-order valence-corrected chi connectivity index (χ3v) is 1.99. The Labute approximate surface area is 102 Å². The molecular weight excluding hydrogens is 236 g/mol. The molecule has 2 heterocycles. The van der Waals surface area contributed by atoms with Gasteiger partial charge in [-0.3, -0.25) is 9.78 Å². The number of nitrogens with zero attached hydrogens (tertiary/aromatic N) is 4. The molecule has 0 aliphatic carbocycles. The summed E-state index contributed by atoms with van der Waals surface area (Å²) in [7, 11) is 0. The van der Waals surface area contributed by atoms with Crippen LogP contribution in [-0.4, -0.2) is 27.4 Å². The second-order valence-electron chi connectivity index (χ2n) is 3.32. The minimum absolute atomic E-state index is 0.0467. The Morgan fingerprint density at radius 1 is 1.50 bits per heavy atom. The topological polar surface area (TPSA) is 119 Å². The summed E-state index contributed by atoms with van der Waals surface area (Å²) < 4.78 is 4.37. The zero-order valence-corrected chi connectivity index (χ0v) is 9.28. The van der Waals surface area contributed by atoms with E-state index in [0.717, 1.165) is 0 Å². The first-order valence-electron chi connectivity index (χ1n) is 5.05. The molecule has 8 nitrogen and oxygen atoms in total. The summed E-state index contributed by atoms with van der Waals surface area (Å²) in [5.41, 5.74) is 8.65. The van der Waals surface area contributed by atoms with Crippen LogP contribution < -0.4 is 11.2 Å². The first-order valence-corrected chi connectivity index (χ1v) is 5.05. The van der Waals surface area contributed by atoms with Gasteiger partial charge in [0, 0.05) is 6.20 Å². The highest BCUT2D eigenvalue weighted by Gasteiger charge is 2.10. The molecular formula is C10H10N6O2. The molecule has 2 aromatic rings. The highest BCUT2D eigenvalue weighted by atomic mass is 16.6. The lowest BCUT2D eigenvalue weighted by molar-refractivity contribution is -0.120. The van der Waals surface area contributed by atoms with E-state index in [1.165, 1.54) is 6.21 Å². The van der Waals surface area contributed by atoms with E-state index in [4.69, 9.17) is 5.73 Å². The third kappa shape index (κ3) is 3.11. The van der Waals surface area contributed by atoms with Crippen LogP contribution in [0.5, 0.6) is 0 Å². The van der Waals surface area contributed by atoms with Crippen LogP contribution in [0.3, 0.4) is 0 Å². The number of carbonyl (C=O) groups excluding carboxylic acids is 1. The van der Waals surface area contributed by atoms with Crippen molar-refractivity contribution in [2.75, 3.05) is 5.73 Å². The van der Waals surface area contributed by atoms with E-state index in [1.54, 1.807) is 18.3 Å². The molecule has 1 amide bonds. The van der Waals surface area contributed by atoms with Crippen LogP contribution in [0.2, 0.25) is 0 Å². The Morgan fingerprint density at radius 3 is 3.06 bits per heavy atom. The molecule has 0 saturated heterocycles. The SMILES string of the molecule is Nc1nonc1CC(=O)N/N=C/c1ccccn1. The first kappa shape index (κ1) is 11.7. The molecule has 92 valence electrons. The van der Waals surface area contributed by atoms with E-state index in [9.17, 15) is 4.79 Å². The molecule has 8 heteroatoms. The molecule has 18 heavy (non-hydrogen) atoms. The van der Waals surface area contributed by atoms with Crippen molar-refractivity contribution in [2.24, 2.45) is 5.10 Å². The lowest BCUT2D eigenvalue weighted by atomic mass is 10.3. The monoisotopic (exact) mass is 246 g/mol. The summed E-state index contributed by atoms with van der Waals surface area (Å²) in [6, 6.07) is 5.36. The average Bonchev–Trinajstić information content (AvgIpc) is 2.76. The van der Waals surface area contributed by atoms with E-state index in [1.807, 2.05) is 6.07 Å². The smallest absolute Gasteiger partial charge is 0.246 e.